The normalized spacial score (nSPS) is 30.2. The van der Waals surface area contributed by atoms with Crippen molar-refractivity contribution < 1.29 is 9.59 Å². The lowest BCUT2D eigenvalue weighted by molar-refractivity contribution is -0.147. The summed E-state index contributed by atoms with van der Waals surface area (Å²) in [5, 5.41) is 8.24. The van der Waals surface area contributed by atoms with Crippen molar-refractivity contribution in [1.82, 2.24) is 25.8 Å². The molecule has 2 amide bonds. The highest BCUT2D eigenvalue weighted by Crippen LogP contribution is 2.60. The zero-order valence-corrected chi connectivity index (χ0v) is 16.2. The number of rotatable bonds is 3. The standard InChI is InChI=1S/C20H22ClN5O2/c21-15-3-1-2-4-16(15)26-17(11-22-25-26)18(27)23-24-19(28)20-8-12-5-13(9-20)7-14(6-12)10-20/h1-4,11-14H,5-10H2,(H,23,27)(H,24,28). The zero-order valence-electron chi connectivity index (χ0n) is 15.4. The molecule has 0 saturated heterocycles. The number of hydrogen-bond acceptors (Lipinski definition) is 4. The fourth-order valence-electron chi connectivity index (χ4n) is 5.89. The van der Waals surface area contributed by atoms with Crippen molar-refractivity contribution in [2.45, 2.75) is 38.5 Å². The third-order valence-electron chi connectivity index (χ3n) is 6.67. The molecule has 1 aromatic carbocycles. The number of carbonyl (C=O) groups is 2. The topological polar surface area (TPSA) is 88.9 Å². The Labute approximate surface area is 167 Å². The SMILES string of the molecule is O=C(NNC(=O)C12CC3CC(CC(C3)C1)C2)c1cnnn1-c1ccccc1Cl. The largest absolute Gasteiger partial charge is 0.290 e. The van der Waals surface area contributed by atoms with E-state index in [4.69, 9.17) is 11.6 Å². The molecule has 6 rings (SSSR count). The summed E-state index contributed by atoms with van der Waals surface area (Å²) in [5.74, 6) is 1.47. The van der Waals surface area contributed by atoms with Crippen LogP contribution in [0.5, 0.6) is 0 Å². The number of halogens is 1. The van der Waals surface area contributed by atoms with Gasteiger partial charge in [0.25, 0.3) is 5.91 Å². The highest BCUT2D eigenvalue weighted by molar-refractivity contribution is 6.32. The molecule has 0 spiro atoms. The molecule has 8 heteroatoms. The molecule has 4 fully saturated rings. The second kappa shape index (κ2) is 6.58. The van der Waals surface area contributed by atoms with Crippen LogP contribution in [-0.4, -0.2) is 26.8 Å². The second-order valence-corrected chi connectivity index (χ2v) is 9.00. The highest BCUT2D eigenvalue weighted by atomic mass is 35.5. The first-order chi connectivity index (χ1) is 13.5. The maximum Gasteiger partial charge on any atom is 0.290 e. The van der Waals surface area contributed by atoms with E-state index in [9.17, 15) is 9.59 Å². The van der Waals surface area contributed by atoms with Gasteiger partial charge in [0.05, 0.1) is 22.3 Å². The van der Waals surface area contributed by atoms with Gasteiger partial charge >= 0.3 is 0 Å². The number of benzene rings is 1. The molecule has 0 unspecified atom stereocenters. The summed E-state index contributed by atoms with van der Waals surface area (Å²) < 4.78 is 1.37. The van der Waals surface area contributed by atoms with Gasteiger partial charge in [0.2, 0.25) is 5.91 Å². The van der Waals surface area contributed by atoms with Crippen LogP contribution in [0.3, 0.4) is 0 Å². The van der Waals surface area contributed by atoms with Gasteiger partial charge in [-0.25, -0.2) is 4.68 Å². The highest BCUT2D eigenvalue weighted by Gasteiger charge is 2.54. The van der Waals surface area contributed by atoms with E-state index in [0.717, 1.165) is 19.3 Å². The third kappa shape index (κ3) is 2.89. The van der Waals surface area contributed by atoms with Gasteiger partial charge in [-0.1, -0.05) is 28.9 Å². The predicted molar refractivity (Wildman–Crippen MR) is 103 cm³/mol. The number of hydrogen-bond donors (Lipinski definition) is 2. The minimum absolute atomic E-state index is 0.0586. The zero-order chi connectivity index (χ0) is 19.3. The van der Waals surface area contributed by atoms with Gasteiger partial charge in [0.1, 0.15) is 0 Å². The Hall–Kier alpha value is -2.41. The Morgan fingerprint density at radius 2 is 1.68 bits per heavy atom. The number of nitrogens with one attached hydrogen (secondary N) is 2. The number of hydrazine groups is 1. The predicted octanol–water partition coefficient (Wildman–Crippen LogP) is 2.90. The van der Waals surface area contributed by atoms with Gasteiger partial charge in [-0.05, 0) is 68.4 Å². The van der Waals surface area contributed by atoms with Crippen LogP contribution < -0.4 is 10.9 Å². The second-order valence-electron chi connectivity index (χ2n) is 8.59. The molecule has 0 atom stereocenters. The third-order valence-corrected chi connectivity index (χ3v) is 6.99. The quantitative estimate of drug-likeness (QED) is 0.776. The first kappa shape index (κ1) is 17.7. The Morgan fingerprint density at radius 3 is 2.32 bits per heavy atom. The Morgan fingerprint density at radius 1 is 1.04 bits per heavy atom. The fourth-order valence-corrected chi connectivity index (χ4v) is 6.11. The molecule has 0 aliphatic heterocycles. The first-order valence-corrected chi connectivity index (χ1v) is 10.2. The number of aromatic nitrogens is 3. The summed E-state index contributed by atoms with van der Waals surface area (Å²) in [4.78, 5) is 25.7. The van der Waals surface area contributed by atoms with Crippen molar-refractivity contribution in [3.05, 3.63) is 41.2 Å². The van der Waals surface area contributed by atoms with Gasteiger partial charge in [-0.15, -0.1) is 5.10 Å². The van der Waals surface area contributed by atoms with Gasteiger partial charge in [-0.2, -0.15) is 0 Å². The lowest BCUT2D eigenvalue weighted by Crippen LogP contribution is -2.56. The molecule has 4 aliphatic rings. The lowest BCUT2D eigenvalue weighted by atomic mass is 9.49. The average molecular weight is 400 g/mol. The first-order valence-electron chi connectivity index (χ1n) is 9.80. The smallest absolute Gasteiger partial charge is 0.273 e. The molecular weight excluding hydrogens is 378 g/mol. The number of nitrogens with zero attached hydrogens (tertiary/aromatic N) is 3. The average Bonchev–Trinajstić information content (AvgIpc) is 3.14. The van der Waals surface area contributed by atoms with Crippen LogP contribution in [0.15, 0.2) is 30.5 Å². The van der Waals surface area contributed by atoms with Gasteiger partial charge in [0, 0.05) is 0 Å². The minimum Gasteiger partial charge on any atom is -0.273 e. The molecule has 146 valence electrons. The summed E-state index contributed by atoms with van der Waals surface area (Å²) in [7, 11) is 0. The van der Waals surface area contributed by atoms with Crippen molar-refractivity contribution in [3.63, 3.8) is 0 Å². The van der Waals surface area contributed by atoms with Crippen molar-refractivity contribution in [1.29, 1.82) is 0 Å². The monoisotopic (exact) mass is 399 g/mol. The van der Waals surface area contributed by atoms with Crippen LogP contribution in [0.4, 0.5) is 0 Å². The van der Waals surface area contributed by atoms with Gasteiger partial charge in [0.15, 0.2) is 5.69 Å². The molecule has 7 nitrogen and oxygen atoms in total. The van der Waals surface area contributed by atoms with Crippen molar-refractivity contribution in [3.8, 4) is 5.69 Å². The van der Waals surface area contributed by atoms with E-state index < -0.39 is 5.91 Å². The van der Waals surface area contributed by atoms with E-state index in [0.29, 0.717) is 28.5 Å². The summed E-state index contributed by atoms with van der Waals surface area (Å²) in [6.45, 7) is 0. The van der Waals surface area contributed by atoms with Crippen LogP contribution in [0.1, 0.15) is 49.0 Å². The molecule has 0 radical (unpaired) electrons. The van der Waals surface area contributed by atoms with Crippen molar-refractivity contribution in [2.24, 2.45) is 23.2 Å². The van der Waals surface area contributed by atoms with Gasteiger partial charge < -0.3 is 0 Å². The van der Waals surface area contributed by atoms with E-state index >= 15 is 0 Å². The summed E-state index contributed by atoms with van der Waals surface area (Å²) in [5.41, 5.74) is 5.68. The van der Waals surface area contributed by atoms with E-state index in [-0.39, 0.29) is 17.0 Å². The molecule has 1 heterocycles. The summed E-state index contributed by atoms with van der Waals surface area (Å²) in [6.07, 6.45) is 7.99. The van der Waals surface area contributed by atoms with Crippen LogP contribution >= 0.6 is 11.6 Å². The van der Waals surface area contributed by atoms with Crippen LogP contribution in [0.2, 0.25) is 5.02 Å². The maximum atomic E-state index is 13.0. The van der Waals surface area contributed by atoms with E-state index in [1.165, 1.54) is 30.1 Å². The summed E-state index contributed by atoms with van der Waals surface area (Å²) >= 11 is 6.21. The molecule has 1 aromatic heterocycles. The van der Waals surface area contributed by atoms with E-state index in [1.807, 2.05) is 0 Å². The van der Waals surface area contributed by atoms with Crippen LogP contribution in [0, 0.1) is 23.2 Å². The molecule has 4 bridgehead atoms. The maximum absolute atomic E-state index is 13.0. The molecule has 2 aromatic rings. The molecule has 2 N–H and O–H groups in total. The fraction of sp³-hybridized carbons (Fsp3) is 0.500. The molecular formula is C20H22ClN5O2. The van der Waals surface area contributed by atoms with Crippen LogP contribution in [-0.2, 0) is 4.79 Å². The number of amides is 2. The molecule has 4 aliphatic carbocycles. The number of para-hydroxylation sites is 1. The molecule has 28 heavy (non-hydrogen) atoms. The van der Waals surface area contributed by atoms with E-state index in [1.54, 1.807) is 24.3 Å². The van der Waals surface area contributed by atoms with Crippen molar-refractivity contribution in [2.75, 3.05) is 0 Å². The number of carbonyl (C=O) groups excluding carboxylic acids is 2. The Balaban J connectivity index is 1.30. The lowest BCUT2D eigenvalue weighted by Gasteiger charge is -2.55. The molecule has 4 saturated carbocycles. The van der Waals surface area contributed by atoms with Crippen LogP contribution in [0.25, 0.3) is 5.69 Å². The van der Waals surface area contributed by atoms with E-state index in [2.05, 4.69) is 21.2 Å². The minimum atomic E-state index is -0.469. The van der Waals surface area contributed by atoms with Crippen molar-refractivity contribution >= 4 is 23.4 Å². The summed E-state index contributed by atoms with van der Waals surface area (Å²) in [6, 6.07) is 7.07. The van der Waals surface area contributed by atoms with Gasteiger partial charge in [-0.3, -0.25) is 20.4 Å². The Kier molecular flexibility index (Phi) is 4.16. The Bertz CT molecular complexity index is 905.